The van der Waals surface area contributed by atoms with Crippen molar-refractivity contribution in [2.75, 3.05) is 33.2 Å². The van der Waals surface area contributed by atoms with Gasteiger partial charge in [-0.05, 0) is 33.2 Å². The van der Waals surface area contributed by atoms with E-state index in [-0.39, 0.29) is 24.0 Å². The van der Waals surface area contributed by atoms with E-state index < -0.39 is 0 Å². The van der Waals surface area contributed by atoms with Crippen molar-refractivity contribution >= 4 is 41.3 Å². The summed E-state index contributed by atoms with van der Waals surface area (Å²) >= 11 is 1.79. The fourth-order valence-electron chi connectivity index (χ4n) is 2.51. The summed E-state index contributed by atoms with van der Waals surface area (Å²) < 4.78 is 0. The quantitative estimate of drug-likeness (QED) is 0.363. The number of likely N-dealkylation sites (N-methyl/N-ethyl adjacent to an activating group) is 1. The van der Waals surface area contributed by atoms with Crippen LogP contribution in [0.4, 0.5) is 0 Å². The molecule has 0 radical (unpaired) electrons. The summed E-state index contributed by atoms with van der Waals surface area (Å²) in [6.07, 6.45) is 3.68. The molecule has 2 N–H and O–H groups in total. The lowest BCUT2D eigenvalue weighted by molar-refractivity contribution is 0.282. The van der Waals surface area contributed by atoms with Crippen molar-refractivity contribution < 1.29 is 0 Å². The van der Waals surface area contributed by atoms with E-state index in [1.165, 1.54) is 22.7 Å². The Balaban J connectivity index is 0.00000264. The van der Waals surface area contributed by atoms with E-state index in [0.29, 0.717) is 0 Å². The van der Waals surface area contributed by atoms with Crippen molar-refractivity contribution in [2.24, 2.45) is 4.99 Å². The fourth-order valence-corrected chi connectivity index (χ4v) is 3.44. The molecule has 0 bridgehead atoms. The van der Waals surface area contributed by atoms with Crippen LogP contribution in [0.2, 0.25) is 0 Å². The maximum absolute atomic E-state index is 4.57. The van der Waals surface area contributed by atoms with Gasteiger partial charge in [-0.25, -0.2) is 4.98 Å². The highest BCUT2D eigenvalue weighted by Crippen LogP contribution is 2.25. The standard InChI is InChI=1S/C16H29N5S.HI/c1-5-21(14-6-7-14)11-10-19-16(17-4)18-9-8-15-20-12(2)13(3)22-15;/h14H,5-11H2,1-4H3,(H2,17,18,19);1H. The fraction of sp³-hybridized carbons (Fsp3) is 0.750. The number of hydrogen-bond acceptors (Lipinski definition) is 4. The molecule has 2 rings (SSSR count). The Morgan fingerprint density at radius 2 is 2.00 bits per heavy atom. The van der Waals surface area contributed by atoms with Gasteiger partial charge >= 0.3 is 0 Å². The molecular weight excluding hydrogens is 421 g/mol. The van der Waals surface area contributed by atoms with E-state index in [9.17, 15) is 0 Å². The van der Waals surface area contributed by atoms with E-state index in [1.807, 2.05) is 7.05 Å². The Kier molecular flexibility index (Phi) is 9.38. The lowest BCUT2D eigenvalue weighted by Gasteiger charge is -2.20. The van der Waals surface area contributed by atoms with Crippen molar-refractivity contribution in [3.63, 3.8) is 0 Å². The molecule has 0 spiro atoms. The largest absolute Gasteiger partial charge is 0.356 e. The Labute approximate surface area is 161 Å². The predicted octanol–water partition coefficient (Wildman–Crippen LogP) is 2.57. The monoisotopic (exact) mass is 451 g/mol. The molecule has 1 aromatic rings. The zero-order valence-corrected chi connectivity index (χ0v) is 17.8. The third-order valence-electron chi connectivity index (χ3n) is 4.09. The Bertz CT molecular complexity index is 479. The van der Waals surface area contributed by atoms with Gasteiger partial charge in [-0.1, -0.05) is 6.92 Å². The summed E-state index contributed by atoms with van der Waals surface area (Å²) in [4.78, 5) is 12.7. The number of rotatable bonds is 8. The molecule has 23 heavy (non-hydrogen) atoms. The molecule has 5 nitrogen and oxygen atoms in total. The second kappa shape index (κ2) is 10.5. The van der Waals surface area contributed by atoms with Crippen LogP contribution in [-0.2, 0) is 6.42 Å². The first-order chi connectivity index (χ1) is 10.6. The van der Waals surface area contributed by atoms with Gasteiger partial charge in [0.25, 0.3) is 0 Å². The molecule has 0 atom stereocenters. The average Bonchev–Trinajstić information content (AvgIpc) is 3.29. The lowest BCUT2D eigenvalue weighted by atomic mass is 10.4. The zero-order valence-electron chi connectivity index (χ0n) is 14.7. The Hall–Kier alpha value is -0.410. The smallest absolute Gasteiger partial charge is 0.191 e. The van der Waals surface area contributed by atoms with Crippen LogP contribution in [0.1, 0.15) is 35.3 Å². The molecule has 7 heteroatoms. The lowest BCUT2D eigenvalue weighted by Crippen LogP contribution is -2.42. The summed E-state index contributed by atoms with van der Waals surface area (Å²) in [6, 6.07) is 0.832. The minimum Gasteiger partial charge on any atom is -0.356 e. The van der Waals surface area contributed by atoms with Crippen molar-refractivity contribution in [3.05, 3.63) is 15.6 Å². The maximum Gasteiger partial charge on any atom is 0.191 e. The van der Waals surface area contributed by atoms with E-state index in [1.54, 1.807) is 11.3 Å². The second-order valence-electron chi connectivity index (χ2n) is 5.78. The highest BCUT2D eigenvalue weighted by molar-refractivity contribution is 14.0. The molecule has 1 saturated carbocycles. The van der Waals surface area contributed by atoms with Crippen LogP contribution in [0.15, 0.2) is 4.99 Å². The number of aliphatic imine (C=N–C) groups is 1. The third kappa shape index (κ3) is 6.93. The molecule has 0 aliphatic heterocycles. The highest BCUT2D eigenvalue weighted by Gasteiger charge is 2.27. The molecule has 132 valence electrons. The van der Waals surface area contributed by atoms with Gasteiger partial charge in [0.05, 0.1) is 10.7 Å². The van der Waals surface area contributed by atoms with Crippen LogP contribution < -0.4 is 10.6 Å². The second-order valence-corrected chi connectivity index (χ2v) is 7.07. The molecule has 0 unspecified atom stereocenters. The normalized spacial score (nSPS) is 14.7. The Morgan fingerprint density at radius 3 is 2.52 bits per heavy atom. The van der Waals surface area contributed by atoms with Gasteiger partial charge in [-0.2, -0.15) is 0 Å². The first-order valence-electron chi connectivity index (χ1n) is 8.25. The maximum atomic E-state index is 4.57. The van der Waals surface area contributed by atoms with E-state index in [2.05, 4.69) is 46.3 Å². The number of guanidine groups is 1. The van der Waals surface area contributed by atoms with Gasteiger partial charge in [-0.3, -0.25) is 9.89 Å². The van der Waals surface area contributed by atoms with Crippen LogP contribution in [0.3, 0.4) is 0 Å². The SMILES string of the molecule is CCN(CCNC(=NC)NCCc1nc(C)c(C)s1)C1CC1.I. The molecule has 0 aromatic carbocycles. The summed E-state index contributed by atoms with van der Waals surface area (Å²) in [5.74, 6) is 0.886. The third-order valence-corrected chi connectivity index (χ3v) is 5.22. The number of thiazole rings is 1. The molecule has 0 saturated heterocycles. The predicted molar refractivity (Wildman–Crippen MR) is 110 cm³/mol. The number of nitrogens with zero attached hydrogens (tertiary/aromatic N) is 3. The van der Waals surface area contributed by atoms with Crippen LogP contribution in [-0.4, -0.2) is 55.1 Å². The summed E-state index contributed by atoms with van der Waals surface area (Å²) in [7, 11) is 1.82. The van der Waals surface area contributed by atoms with Gasteiger partial charge in [0, 0.05) is 44.0 Å². The van der Waals surface area contributed by atoms with Crippen LogP contribution >= 0.6 is 35.3 Å². The molecule has 0 amide bonds. The van der Waals surface area contributed by atoms with Crippen molar-refractivity contribution in [3.8, 4) is 0 Å². The van der Waals surface area contributed by atoms with E-state index in [0.717, 1.165) is 50.3 Å². The number of aromatic nitrogens is 1. The summed E-state index contributed by atoms with van der Waals surface area (Å²) in [5.41, 5.74) is 1.15. The molecule has 1 aromatic heterocycles. The topological polar surface area (TPSA) is 52.5 Å². The van der Waals surface area contributed by atoms with E-state index >= 15 is 0 Å². The first-order valence-corrected chi connectivity index (χ1v) is 9.07. The van der Waals surface area contributed by atoms with Gasteiger partial charge < -0.3 is 10.6 Å². The van der Waals surface area contributed by atoms with Crippen LogP contribution in [0, 0.1) is 13.8 Å². The molecule has 1 aliphatic carbocycles. The van der Waals surface area contributed by atoms with Crippen molar-refractivity contribution in [1.82, 2.24) is 20.5 Å². The number of halogens is 1. The molecular formula is C16H30IN5S. The minimum atomic E-state index is 0. The summed E-state index contributed by atoms with van der Waals surface area (Å²) in [6.45, 7) is 10.5. The number of nitrogens with one attached hydrogen (secondary N) is 2. The average molecular weight is 451 g/mol. The molecule has 1 heterocycles. The number of hydrogen-bond donors (Lipinski definition) is 2. The number of aryl methyl sites for hydroxylation is 2. The molecule has 1 aliphatic rings. The zero-order chi connectivity index (χ0) is 15.9. The molecule has 1 fully saturated rings. The van der Waals surface area contributed by atoms with Gasteiger partial charge in [0.2, 0.25) is 0 Å². The highest BCUT2D eigenvalue weighted by atomic mass is 127. The van der Waals surface area contributed by atoms with Gasteiger partial charge in [0.15, 0.2) is 5.96 Å². The van der Waals surface area contributed by atoms with Gasteiger partial charge in [0.1, 0.15) is 0 Å². The van der Waals surface area contributed by atoms with Crippen LogP contribution in [0.5, 0.6) is 0 Å². The van der Waals surface area contributed by atoms with Crippen molar-refractivity contribution in [2.45, 2.75) is 46.1 Å². The first kappa shape index (κ1) is 20.6. The van der Waals surface area contributed by atoms with Gasteiger partial charge in [-0.15, -0.1) is 35.3 Å². The summed E-state index contributed by atoms with van der Waals surface area (Å²) in [5, 5.41) is 7.97. The van der Waals surface area contributed by atoms with Crippen molar-refractivity contribution in [1.29, 1.82) is 0 Å². The van der Waals surface area contributed by atoms with Crippen LogP contribution in [0.25, 0.3) is 0 Å². The minimum absolute atomic E-state index is 0. The Morgan fingerprint density at radius 1 is 1.30 bits per heavy atom. The van der Waals surface area contributed by atoms with E-state index in [4.69, 9.17) is 0 Å².